The third-order valence-corrected chi connectivity index (χ3v) is 6.16. The van der Waals surface area contributed by atoms with Crippen LogP contribution in [-0.2, 0) is 22.2 Å². The number of hydrogen-bond acceptors (Lipinski definition) is 4. The molecule has 158 valence electrons. The smallest absolute Gasteiger partial charge is 0.421 e. The van der Waals surface area contributed by atoms with Gasteiger partial charge in [-0.2, -0.15) is 13.2 Å². The zero-order chi connectivity index (χ0) is 21.6. The second-order valence-corrected chi connectivity index (χ2v) is 8.20. The molecule has 2 unspecified atom stereocenters. The summed E-state index contributed by atoms with van der Waals surface area (Å²) in [7, 11) is 0. The maximum atomic E-state index is 13.3. The first-order valence-corrected chi connectivity index (χ1v) is 10.2. The van der Waals surface area contributed by atoms with Gasteiger partial charge in [0.15, 0.2) is 11.6 Å². The van der Waals surface area contributed by atoms with Gasteiger partial charge in [0.05, 0.1) is 5.02 Å². The Kier molecular flexibility index (Phi) is 5.34. The van der Waals surface area contributed by atoms with Crippen LogP contribution in [0, 0.1) is 11.8 Å². The van der Waals surface area contributed by atoms with Gasteiger partial charge < -0.3 is 4.74 Å². The molecular weight excluding hydrogens is 419 g/mol. The number of carbonyl (C=O) groups excluding carboxylic acids is 2. The van der Waals surface area contributed by atoms with Gasteiger partial charge in [0, 0.05) is 18.0 Å². The average Bonchev–Trinajstić information content (AvgIpc) is 3.15. The molecule has 2 aliphatic rings. The number of alkyl halides is 3. The number of benzene rings is 1. The van der Waals surface area contributed by atoms with Crippen LogP contribution in [0.3, 0.4) is 0 Å². The molecule has 1 heterocycles. The van der Waals surface area contributed by atoms with E-state index in [1.807, 2.05) is 6.92 Å². The van der Waals surface area contributed by atoms with Gasteiger partial charge in [0.1, 0.15) is 17.2 Å². The van der Waals surface area contributed by atoms with E-state index in [1.54, 1.807) is 6.07 Å². The topological polar surface area (TPSA) is 56.3 Å². The molecule has 8 heteroatoms. The SMILES string of the molecule is CCc1ccc(Oc2ncc(Cl)cc2C(F)(F)F)cc1C1C(=O)C2CCC(C2)C1=O. The maximum absolute atomic E-state index is 13.3. The van der Waals surface area contributed by atoms with Gasteiger partial charge in [-0.1, -0.05) is 24.6 Å². The number of aromatic nitrogens is 1. The van der Waals surface area contributed by atoms with Crippen molar-refractivity contribution in [1.82, 2.24) is 4.98 Å². The van der Waals surface area contributed by atoms with E-state index in [2.05, 4.69) is 4.98 Å². The number of nitrogens with zero attached hydrogens (tertiary/aromatic N) is 1. The number of rotatable bonds is 4. The summed E-state index contributed by atoms with van der Waals surface area (Å²) in [5, 5.41) is -0.162. The van der Waals surface area contributed by atoms with Crippen molar-refractivity contribution < 1.29 is 27.5 Å². The summed E-state index contributed by atoms with van der Waals surface area (Å²) < 4.78 is 45.5. The van der Waals surface area contributed by atoms with E-state index < -0.39 is 23.5 Å². The summed E-state index contributed by atoms with van der Waals surface area (Å²) >= 11 is 5.66. The Balaban J connectivity index is 1.73. The van der Waals surface area contributed by atoms with Gasteiger partial charge in [0.25, 0.3) is 0 Å². The van der Waals surface area contributed by atoms with Crippen LogP contribution in [0.25, 0.3) is 0 Å². The third-order valence-electron chi connectivity index (χ3n) is 5.95. The standard InChI is InChI=1S/C22H19ClF3NO3/c1-2-11-5-6-15(30-21-17(22(24,25)26)8-14(23)10-27-21)9-16(11)18-19(28)12-3-4-13(7-12)20(18)29/h5-6,8-10,12-13,18H,2-4,7H2,1H3. The van der Waals surface area contributed by atoms with E-state index >= 15 is 0 Å². The van der Waals surface area contributed by atoms with Crippen LogP contribution in [0.15, 0.2) is 30.5 Å². The van der Waals surface area contributed by atoms with Crippen molar-refractivity contribution in [3.8, 4) is 11.6 Å². The summed E-state index contributed by atoms with van der Waals surface area (Å²) in [6.07, 6.45) is -1.02. The molecule has 2 aromatic rings. The zero-order valence-corrected chi connectivity index (χ0v) is 16.9. The molecule has 0 aliphatic heterocycles. The molecule has 4 nitrogen and oxygen atoms in total. The number of aryl methyl sites for hydroxylation is 1. The predicted molar refractivity (Wildman–Crippen MR) is 104 cm³/mol. The minimum absolute atomic E-state index is 0.0843. The summed E-state index contributed by atoms with van der Waals surface area (Å²) in [4.78, 5) is 29.5. The van der Waals surface area contributed by atoms with Crippen molar-refractivity contribution in [1.29, 1.82) is 0 Å². The Hall–Kier alpha value is -2.41. The highest BCUT2D eigenvalue weighted by Gasteiger charge is 2.48. The molecule has 2 aliphatic carbocycles. The Bertz CT molecular complexity index is 999. The minimum atomic E-state index is -4.70. The molecule has 0 amide bonds. The number of ether oxygens (including phenoxy) is 1. The molecule has 2 saturated carbocycles. The molecule has 2 atom stereocenters. The Morgan fingerprint density at radius 3 is 2.40 bits per heavy atom. The van der Waals surface area contributed by atoms with Gasteiger partial charge in [-0.25, -0.2) is 4.98 Å². The molecule has 0 radical (unpaired) electrons. The van der Waals surface area contributed by atoms with Gasteiger partial charge in [-0.05, 0) is 55.0 Å². The second-order valence-electron chi connectivity index (χ2n) is 7.76. The van der Waals surface area contributed by atoms with Gasteiger partial charge in [-0.15, -0.1) is 0 Å². The number of halogens is 4. The minimum Gasteiger partial charge on any atom is -0.438 e. The van der Waals surface area contributed by atoms with Crippen molar-refractivity contribution in [3.05, 3.63) is 52.2 Å². The molecule has 30 heavy (non-hydrogen) atoms. The van der Waals surface area contributed by atoms with Gasteiger partial charge >= 0.3 is 6.18 Å². The van der Waals surface area contributed by atoms with E-state index in [1.165, 1.54) is 12.1 Å². The van der Waals surface area contributed by atoms with Crippen LogP contribution in [-0.4, -0.2) is 16.6 Å². The first-order chi connectivity index (χ1) is 14.2. The molecule has 4 rings (SSSR count). The fraction of sp³-hybridized carbons (Fsp3) is 0.409. The van der Waals surface area contributed by atoms with Crippen LogP contribution in [0.4, 0.5) is 13.2 Å². The number of Topliss-reactive ketones (excluding diaryl/α,β-unsaturated/α-hetero) is 2. The van der Waals surface area contributed by atoms with Crippen molar-refractivity contribution in [2.24, 2.45) is 11.8 Å². The van der Waals surface area contributed by atoms with Gasteiger partial charge in [-0.3, -0.25) is 9.59 Å². The molecule has 0 spiro atoms. The fourth-order valence-corrected chi connectivity index (χ4v) is 4.62. The molecule has 1 aromatic carbocycles. The molecule has 0 N–H and O–H groups in total. The fourth-order valence-electron chi connectivity index (χ4n) is 4.47. The lowest BCUT2D eigenvalue weighted by Crippen LogP contribution is -2.35. The Morgan fingerprint density at radius 2 is 1.80 bits per heavy atom. The van der Waals surface area contributed by atoms with E-state index in [0.717, 1.165) is 17.8 Å². The van der Waals surface area contributed by atoms with Crippen molar-refractivity contribution >= 4 is 23.2 Å². The Labute approximate surface area is 176 Å². The average molecular weight is 438 g/mol. The van der Waals surface area contributed by atoms with Crippen LogP contribution in [0.1, 0.15) is 48.8 Å². The van der Waals surface area contributed by atoms with Crippen molar-refractivity contribution in [2.45, 2.75) is 44.7 Å². The monoisotopic (exact) mass is 437 g/mol. The van der Waals surface area contributed by atoms with Crippen molar-refractivity contribution in [3.63, 3.8) is 0 Å². The maximum Gasteiger partial charge on any atom is 0.421 e. The number of pyridine rings is 1. The number of carbonyl (C=O) groups is 2. The van der Waals surface area contributed by atoms with Gasteiger partial charge in [0.2, 0.25) is 5.88 Å². The summed E-state index contributed by atoms with van der Waals surface area (Å²) in [5.74, 6) is -1.87. The summed E-state index contributed by atoms with van der Waals surface area (Å²) in [6.45, 7) is 1.90. The highest BCUT2D eigenvalue weighted by molar-refractivity contribution is 6.30. The van der Waals surface area contributed by atoms with E-state index in [9.17, 15) is 22.8 Å². The predicted octanol–water partition coefficient (Wildman–Crippen LogP) is 5.76. The second kappa shape index (κ2) is 7.69. The number of ketones is 2. The molecule has 2 fully saturated rings. The highest BCUT2D eigenvalue weighted by Crippen LogP contribution is 2.45. The Morgan fingerprint density at radius 1 is 1.13 bits per heavy atom. The molecule has 0 saturated heterocycles. The molecular formula is C22H19ClF3NO3. The van der Waals surface area contributed by atoms with E-state index in [-0.39, 0.29) is 34.2 Å². The normalized spacial score (nSPS) is 23.7. The summed E-state index contributed by atoms with van der Waals surface area (Å²) in [6, 6.07) is 5.45. The third kappa shape index (κ3) is 3.71. The van der Waals surface area contributed by atoms with E-state index in [0.29, 0.717) is 31.2 Å². The van der Waals surface area contributed by atoms with E-state index in [4.69, 9.17) is 16.3 Å². The first-order valence-electron chi connectivity index (χ1n) is 9.80. The number of fused-ring (bicyclic) bond motifs is 2. The van der Waals surface area contributed by atoms with Crippen LogP contribution < -0.4 is 4.74 Å². The lowest BCUT2D eigenvalue weighted by atomic mass is 9.74. The van der Waals surface area contributed by atoms with Crippen molar-refractivity contribution in [2.75, 3.05) is 0 Å². The summed E-state index contributed by atoms with van der Waals surface area (Å²) in [5.41, 5.74) is 0.221. The lowest BCUT2D eigenvalue weighted by Gasteiger charge is -2.27. The highest BCUT2D eigenvalue weighted by atomic mass is 35.5. The van der Waals surface area contributed by atoms with Crippen LogP contribution in [0.2, 0.25) is 5.02 Å². The van der Waals surface area contributed by atoms with Crippen LogP contribution >= 0.6 is 11.6 Å². The molecule has 2 bridgehead atoms. The molecule has 1 aromatic heterocycles. The lowest BCUT2D eigenvalue weighted by molar-refractivity contribution is -0.139. The zero-order valence-electron chi connectivity index (χ0n) is 16.1. The first kappa shape index (κ1) is 20.8. The van der Waals surface area contributed by atoms with Crippen LogP contribution in [0.5, 0.6) is 11.6 Å². The quantitative estimate of drug-likeness (QED) is 0.570. The largest absolute Gasteiger partial charge is 0.438 e. The number of hydrogen-bond donors (Lipinski definition) is 0.